The number of nitrogens with zero attached hydrogens (tertiary/aromatic N) is 3. The van der Waals surface area contributed by atoms with E-state index in [1.165, 1.54) is 35.0 Å². The Morgan fingerprint density at radius 2 is 1.86 bits per heavy atom. The van der Waals surface area contributed by atoms with Gasteiger partial charge in [0, 0.05) is 5.56 Å². The molecule has 0 atom stereocenters. The summed E-state index contributed by atoms with van der Waals surface area (Å²) in [6.45, 7) is 0. The van der Waals surface area contributed by atoms with Gasteiger partial charge in [-0.15, -0.1) is 5.10 Å². The predicted molar refractivity (Wildman–Crippen MR) is 74.3 cm³/mol. The number of halogens is 1. The lowest BCUT2D eigenvalue weighted by Gasteiger charge is -2.05. The van der Waals surface area contributed by atoms with Crippen molar-refractivity contribution in [3.63, 3.8) is 0 Å². The monoisotopic (exact) mass is 300 g/mol. The number of amides is 1. The van der Waals surface area contributed by atoms with Crippen molar-refractivity contribution in [2.75, 3.05) is 0 Å². The minimum absolute atomic E-state index is 0.0406. The number of hydrogen-bond donors (Lipinski definition) is 2. The van der Waals surface area contributed by atoms with Crippen LogP contribution < -0.4 is 5.73 Å². The molecule has 8 heteroatoms. The SMILES string of the molecule is NC(=O)c1ccc(-n2nnc3cc(C(=O)O)ccc32)c(F)c1. The topological polar surface area (TPSA) is 111 Å². The molecule has 110 valence electrons. The molecule has 0 saturated heterocycles. The van der Waals surface area contributed by atoms with E-state index in [1.54, 1.807) is 0 Å². The zero-order valence-corrected chi connectivity index (χ0v) is 11.0. The minimum Gasteiger partial charge on any atom is -0.478 e. The number of primary amides is 1. The number of rotatable bonds is 3. The number of carbonyl (C=O) groups is 2. The molecule has 0 fully saturated rings. The highest BCUT2D eigenvalue weighted by molar-refractivity contribution is 5.93. The van der Waals surface area contributed by atoms with E-state index in [2.05, 4.69) is 10.3 Å². The number of nitrogens with two attached hydrogens (primary N) is 1. The molecule has 2 aromatic carbocycles. The van der Waals surface area contributed by atoms with Crippen molar-refractivity contribution in [2.45, 2.75) is 0 Å². The van der Waals surface area contributed by atoms with Gasteiger partial charge >= 0.3 is 5.97 Å². The van der Waals surface area contributed by atoms with Crippen LogP contribution in [0.15, 0.2) is 36.4 Å². The van der Waals surface area contributed by atoms with E-state index in [0.717, 1.165) is 6.07 Å². The van der Waals surface area contributed by atoms with Crippen molar-refractivity contribution in [1.29, 1.82) is 0 Å². The van der Waals surface area contributed by atoms with Gasteiger partial charge in [-0.25, -0.2) is 13.9 Å². The Labute approximate surface area is 122 Å². The first-order chi connectivity index (χ1) is 10.5. The van der Waals surface area contributed by atoms with E-state index in [9.17, 15) is 14.0 Å². The number of carboxylic acids is 1. The molecule has 1 aromatic heterocycles. The fourth-order valence-corrected chi connectivity index (χ4v) is 2.07. The van der Waals surface area contributed by atoms with Crippen molar-refractivity contribution in [2.24, 2.45) is 5.73 Å². The summed E-state index contributed by atoms with van der Waals surface area (Å²) in [5.74, 6) is -2.51. The summed E-state index contributed by atoms with van der Waals surface area (Å²) in [6, 6.07) is 7.95. The van der Waals surface area contributed by atoms with E-state index in [0.29, 0.717) is 11.0 Å². The standard InChI is InChI=1S/C14H9FN4O3/c15-9-5-7(13(16)20)1-3-11(9)19-12-4-2-8(14(21)22)6-10(12)17-18-19/h1-6H,(H2,16,20)(H,21,22). The largest absolute Gasteiger partial charge is 0.478 e. The second-order valence-corrected chi connectivity index (χ2v) is 4.54. The molecule has 22 heavy (non-hydrogen) atoms. The third-order valence-electron chi connectivity index (χ3n) is 3.15. The summed E-state index contributed by atoms with van der Waals surface area (Å²) in [5.41, 5.74) is 6.03. The first-order valence-corrected chi connectivity index (χ1v) is 6.16. The molecule has 0 saturated carbocycles. The molecule has 0 radical (unpaired) electrons. The Balaban J connectivity index is 2.15. The van der Waals surface area contributed by atoms with Crippen LogP contribution in [0.3, 0.4) is 0 Å². The summed E-state index contributed by atoms with van der Waals surface area (Å²) in [7, 11) is 0. The van der Waals surface area contributed by atoms with Crippen molar-refractivity contribution in [3.8, 4) is 5.69 Å². The third-order valence-corrected chi connectivity index (χ3v) is 3.15. The van der Waals surface area contributed by atoms with Gasteiger partial charge in [0.15, 0.2) is 0 Å². The van der Waals surface area contributed by atoms with Crippen LogP contribution in [0.2, 0.25) is 0 Å². The lowest BCUT2D eigenvalue weighted by Crippen LogP contribution is -2.12. The van der Waals surface area contributed by atoms with Crippen molar-refractivity contribution >= 4 is 22.9 Å². The van der Waals surface area contributed by atoms with Crippen LogP contribution in [0.5, 0.6) is 0 Å². The van der Waals surface area contributed by atoms with Crippen molar-refractivity contribution < 1.29 is 19.1 Å². The maximum Gasteiger partial charge on any atom is 0.335 e. The number of aromatic carboxylic acids is 1. The fourth-order valence-electron chi connectivity index (χ4n) is 2.07. The van der Waals surface area contributed by atoms with Crippen LogP contribution in [-0.4, -0.2) is 32.0 Å². The molecule has 0 aliphatic rings. The number of hydrogen-bond acceptors (Lipinski definition) is 4. The average molecular weight is 300 g/mol. The van der Waals surface area contributed by atoms with Gasteiger partial charge in [0.05, 0.1) is 11.1 Å². The summed E-state index contributed by atoms with van der Waals surface area (Å²) < 4.78 is 15.3. The molecular weight excluding hydrogens is 291 g/mol. The molecule has 0 unspecified atom stereocenters. The lowest BCUT2D eigenvalue weighted by molar-refractivity contribution is 0.0696. The molecule has 3 aromatic rings. The number of fused-ring (bicyclic) bond motifs is 1. The van der Waals surface area contributed by atoms with Gasteiger partial charge < -0.3 is 10.8 Å². The van der Waals surface area contributed by atoms with Crippen LogP contribution in [0.1, 0.15) is 20.7 Å². The molecule has 7 nitrogen and oxygen atoms in total. The Hall–Kier alpha value is -3.29. The fraction of sp³-hybridized carbons (Fsp3) is 0. The molecule has 0 aliphatic heterocycles. The second-order valence-electron chi connectivity index (χ2n) is 4.54. The van der Waals surface area contributed by atoms with Crippen LogP contribution >= 0.6 is 0 Å². The second kappa shape index (κ2) is 4.92. The summed E-state index contributed by atoms with van der Waals surface area (Å²) in [4.78, 5) is 21.9. The van der Waals surface area contributed by atoms with Gasteiger partial charge in [-0.1, -0.05) is 5.21 Å². The normalized spacial score (nSPS) is 10.8. The van der Waals surface area contributed by atoms with Gasteiger partial charge in [-0.2, -0.15) is 0 Å². The maximum atomic E-state index is 14.1. The van der Waals surface area contributed by atoms with E-state index < -0.39 is 17.7 Å². The van der Waals surface area contributed by atoms with E-state index >= 15 is 0 Å². The maximum absolute atomic E-state index is 14.1. The summed E-state index contributed by atoms with van der Waals surface area (Å²) >= 11 is 0. The first-order valence-electron chi connectivity index (χ1n) is 6.16. The van der Waals surface area contributed by atoms with E-state index in [1.807, 2.05) is 0 Å². The average Bonchev–Trinajstić information content (AvgIpc) is 2.89. The summed E-state index contributed by atoms with van der Waals surface area (Å²) in [5, 5.41) is 16.6. The van der Waals surface area contributed by atoms with Crippen LogP contribution in [0.4, 0.5) is 4.39 Å². The highest BCUT2D eigenvalue weighted by atomic mass is 19.1. The van der Waals surface area contributed by atoms with Gasteiger partial charge in [-0.05, 0) is 36.4 Å². The van der Waals surface area contributed by atoms with Crippen molar-refractivity contribution in [1.82, 2.24) is 15.0 Å². The Bertz CT molecular complexity index is 920. The molecule has 3 N–H and O–H groups in total. The molecule has 3 rings (SSSR count). The smallest absolute Gasteiger partial charge is 0.335 e. The number of carboxylic acid groups (broad SMARTS) is 1. The minimum atomic E-state index is -1.09. The van der Waals surface area contributed by atoms with E-state index in [4.69, 9.17) is 10.8 Å². The quantitative estimate of drug-likeness (QED) is 0.758. The molecule has 0 bridgehead atoms. The predicted octanol–water partition coefficient (Wildman–Crippen LogP) is 1.36. The Morgan fingerprint density at radius 3 is 2.50 bits per heavy atom. The molecule has 1 amide bonds. The summed E-state index contributed by atoms with van der Waals surface area (Å²) in [6.07, 6.45) is 0. The molecule has 0 spiro atoms. The van der Waals surface area contributed by atoms with Gasteiger partial charge in [-0.3, -0.25) is 4.79 Å². The highest BCUT2D eigenvalue weighted by Gasteiger charge is 2.14. The lowest BCUT2D eigenvalue weighted by atomic mass is 10.1. The van der Waals surface area contributed by atoms with Crippen LogP contribution in [0.25, 0.3) is 16.7 Å². The third kappa shape index (κ3) is 2.16. The first kappa shape index (κ1) is 13.7. The van der Waals surface area contributed by atoms with Gasteiger partial charge in [0.25, 0.3) is 0 Å². The zero-order chi connectivity index (χ0) is 15.9. The number of carbonyl (C=O) groups excluding carboxylic acids is 1. The van der Waals surface area contributed by atoms with Crippen molar-refractivity contribution in [3.05, 3.63) is 53.3 Å². The number of aromatic nitrogens is 3. The molecule has 1 heterocycles. The Morgan fingerprint density at radius 1 is 1.14 bits per heavy atom. The van der Waals surface area contributed by atoms with Crippen LogP contribution in [0, 0.1) is 5.82 Å². The van der Waals surface area contributed by atoms with Crippen LogP contribution in [-0.2, 0) is 0 Å². The molecule has 0 aliphatic carbocycles. The zero-order valence-electron chi connectivity index (χ0n) is 11.0. The van der Waals surface area contributed by atoms with E-state index in [-0.39, 0.29) is 16.8 Å². The highest BCUT2D eigenvalue weighted by Crippen LogP contribution is 2.20. The van der Waals surface area contributed by atoms with Gasteiger partial charge in [0.2, 0.25) is 5.91 Å². The number of benzene rings is 2. The Kier molecular flexibility index (Phi) is 3.06. The van der Waals surface area contributed by atoms with Gasteiger partial charge in [0.1, 0.15) is 17.0 Å². The molecular formula is C14H9FN4O3.